The third-order valence-corrected chi connectivity index (χ3v) is 6.53. The highest BCUT2D eigenvalue weighted by Crippen LogP contribution is 2.45. The van der Waals surface area contributed by atoms with Crippen LogP contribution in [-0.2, 0) is 4.74 Å². The van der Waals surface area contributed by atoms with E-state index >= 15 is 0 Å². The van der Waals surface area contributed by atoms with Crippen LogP contribution in [0.5, 0.6) is 0 Å². The van der Waals surface area contributed by atoms with Crippen LogP contribution in [0.4, 0.5) is 0 Å². The number of ether oxygens (including phenoxy) is 1. The molecule has 0 spiro atoms. The Bertz CT molecular complexity index is 301. The maximum Gasteiger partial charge on any atom is 0.0795 e. The van der Waals surface area contributed by atoms with Crippen molar-refractivity contribution in [2.45, 2.75) is 76.4 Å². The molecule has 0 aromatic carbocycles. The Morgan fingerprint density at radius 2 is 1.18 bits per heavy atom. The lowest BCUT2D eigenvalue weighted by molar-refractivity contribution is 0.112. The minimum absolute atomic E-state index is 0.512. The van der Waals surface area contributed by atoms with Crippen molar-refractivity contribution >= 4 is 16.1 Å². The monoisotopic (exact) mass is 268 g/mol. The number of fused-ring (bicyclic) bond motifs is 2. The molecule has 1 fully saturated rings. The molecular formula is C14H28OSi2. The molecule has 17 heavy (non-hydrogen) atoms. The Labute approximate surface area is 109 Å². The molecule has 2 rings (SSSR count). The second-order valence-corrected chi connectivity index (χ2v) is 19.2. The van der Waals surface area contributed by atoms with Crippen molar-refractivity contribution in [3.05, 3.63) is 11.1 Å². The zero-order valence-electron chi connectivity index (χ0n) is 12.4. The fourth-order valence-corrected chi connectivity index (χ4v) is 6.36. The third kappa shape index (κ3) is 3.32. The molecule has 0 saturated carbocycles. The van der Waals surface area contributed by atoms with Crippen LogP contribution in [0, 0.1) is 0 Å². The first kappa shape index (κ1) is 13.6. The van der Waals surface area contributed by atoms with Crippen molar-refractivity contribution in [2.75, 3.05) is 0 Å². The summed E-state index contributed by atoms with van der Waals surface area (Å²) in [5.74, 6) is 0. The third-order valence-electron chi connectivity index (χ3n) is 3.65. The summed E-state index contributed by atoms with van der Waals surface area (Å²) >= 11 is 0. The fourth-order valence-electron chi connectivity index (χ4n) is 3.16. The van der Waals surface area contributed by atoms with E-state index in [1.165, 1.54) is 24.9 Å². The van der Waals surface area contributed by atoms with Crippen LogP contribution in [0.15, 0.2) is 11.1 Å². The molecule has 0 radical (unpaired) electrons. The highest BCUT2D eigenvalue weighted by atomic mass is 28.3. The largest absolute Gasteiger partial charge is 0.366 e. The summed E-state index contributed by atoms with van der Waals surface area (Å²) in [6.45, 7) is 14.9. The van der Waals surface area contributed by atoms with Crippen molar-refractivity contribution in [1.82, 2.24) is 0 Å². The van der Waals surface area contributed by atoms with Gasteiger partial charge in [0.25, 0.3) is 0 Å². The molecule has 98 valence electrons. The van der Waals surface area contributed by atoms with Gasteiger partial charge in [0, 0.05) is 16.1 Å². The molecular weight excluding hydrogens is 240 g/mol. The van der Waals surface area contributed by atoms with E-state index in [1.54, 1.807) is 11.1 Å². The van der Waals surface area contributed by atoms with E-state index in [0.29, 0.717) is 12.2 Å². The van der Waals surface area contributed by atoms with Crippen molar-refractivity contribution in [1.29, 1.82) is 0 Å². The molecule has 1 nitrogen and oxygen atoms in total. The SMILES string of the molecule is C[Si](C)(C)CC1=C(C[Si](C)(C)C)C2CCC1O2. The van der Waals surface area contributed by atoms with Crippen LogP contribution in [0.2, 0.25) is 51.4 Å². The molecule has 2 aliphatic rings. The van der Waals surface area contributed by atoms with Gasteiger partial charge in [0.05, 0.1) is 12.2 Å². The van der Waals surface area contributed by atoms with Gasteiger partial charge in [-0.3, -0.25) is 0 Å². The normalized spacial score (nSPS) is 29.3. The average molecular weight is 269 g/mol. The van der Waals surface area contributed by atoms with E-state index < -0.39 is 16.1 Å². The highest BCUT2D eigenvalue weighted by Gasteiger charge is 2.42. The molecule has 0 amide bonds. The minimum atomic E-state index is -0.999. The maximum absolute atomic E-state index is 6.16. The molecule has 0 N–H and O–H groups in total. The number of rotatable bonds is 4. The Morgan fingerprint density at radius 1 is 0.824 bits per heavy atom. The summed E-state index contributed by atoms with van der Waals surface area (Å²) in [6, 6.07) is 2.74. The Hall–Kier alpha value is 0.134. The first-order valence-corrected chi connectivity index (χ1v) is 14.4. The molecule has 1 saturated heterocycles. The highest BCUT2D eigenvalue weighted by molar-refractivity contribution is 6.77. The van der Waals surface area contributed by atoms with Gasteiger partial charge in [-0.1, -0.05) is 39.3 Å². The van der Waals surface area contributed by atoms with Gasteiger partial charge >= 0.3 is 0 Å². The van der Waals surface area contributed by atoms with Gasteiger partial charge in [-0.25, -0.2) is 0 Å². The fraction of sp³-hybridized carbons (Fsp3) is 0.857. The predicted octanol–water partition coefficient (Wildman–Crippen LogP) is 4.52. The Morgan fingerprint density at radius 3 is 1.47 bits per heavy atom. The second-order valence-electron chi connectivity index (χ2n) is 8.22. The molecule has 0 aromatic rings. The van der Waals surface area contributed by atoms with Crippen LogP contribution in [0.1, 0.15) is 12.8 Å². The lowest BCUT2D eigenvalue weighted by Crippen LogP contribution is -2.27. The van der Waals surface area contributed by atoms with Gasteiger partial charge < -0.3 is 4.74 Å². The Balaban J connectivity index is 2.22. The molecule has 3 heteroatoms. The van der Waals surface area contributed by atoms with E-state index in [-0.39, 0.29) is 0 Å². The molecule has 0 aliphatic carbocycles. The molecule has 0 aromatic heterocycles. The molecule has 2 unspecified atom stereocenters. The van der Waals surface area contributed by atoms with Crippen molar-refractivity contribution < 1.29 is 4.74 Å². The topological polar surface area (TPSA) is 9.23 Å². The van der Waals surface area contributed by atoms with Crippen LogP contribution < -0.4 is 0 Å². The average Bonchev–Trinajstić information content (AvgIpc) is 2.63. The first-order chi connectivity index (χ1) is 7.66. The van der Waals surface area contributed by atoms with Gasteiger partial charge in [0.1, 0.15) is 0 Å². The quantitative estimate of drug-likeness (QED) is 0.538. The van der Waals surface area contributed by atoms with Crippen LogP contribution in [0.25, 0.3) is 0 Å². The smallest absolute Gasteiger partial charge is 0.0795 e. The predicted molar refractivity (Wildman–Crippen MR) is 81.2 cm³/mol. The molecule has 2 atom stereocenters. The van der Waals surface area contributed by atoms with Crippen molar-refractivity contribution in [3.63, 3.8) is 0 Å². The first-order valence-electron chi connectivity index (χ1n) is 7.03. The second kappa shape index (κ2) is 4.35. The van der Waals surface area contributed by atoms with Gasteiger partial charge in [-0.15, -0.1) is 0 Å². The summed E-state index contributed by atoms with van der Waals surface area (Å²) in [5, 5.41) is 0. The van der Waals surface area contributed by atoms with Crippen LogP contribution >= 0.6 is 0 Å². The van der Waals surface area contributed by atoms with E-state index in [9.17, 15) is 0 Å². The zero-order valence-corrected chi connectivity index (χ0v) is 14.4. The summed E-state index contributed by atoms with van der Waals surface area (Å²) in [4.78, 5) is 0. The van der Waals surface area contributed by atoms with Crippen molar-refractivity contribution in [3.8, 4) is 0 Å². The zero-order chi connectivity index (χ0) is 12.8. The van der Waals surface area contributed by atoms with E-state index in [0.717, 1.165) is 0 Å². The van der Waals surface area contributed by atoms with E-state index in [2.05, 4.69) is 39.3 Å². The minimum Gasteiger partial charge on any atom is -0.366 e. The number of hydrogen-bond donors (Lipinski definition) is 0. The molecule has 2 aliphatic heterocycles. The van der Waals surface area contributed by atoms with Gasteiger partial charge in [-0.05, 0) is 36.1 Å². The van der Waals surface area contributed by atoms with E-state index in [4.69, 9.17) is 4.74 Å². The summed E-state index contributed by atoms with van der Waals surface area (Å²) in [6.07, 6.45) is 3.61. The van der Waals surface area contributed by atoms with Gasteiger partial charge in [-0.2, -0.15) is 0 Å². The van der Waals surface area contributed by atoms with Crippen LogP contribution in [-0.4, -0.2) is 28.4 Å². The molecule has 2 bridgehead atoms. The van der Waals surface area contributed by atoms with E-state index in [1.807, 2.05) is 0 Å². The standard InChI is InChI=1S/C14H28OSi2/c1-16(2,3)9-11-12(10-17(4,5)6)14-8-7-13(11)15-14/h13-14H,7-10H2,1-6H3. The molecule has 2 heterocycles. The number of hydrogen-bond acceptors (Lipinski definition) is 1. The van der Waals surface area contributed by atoms with Crippen molar-refractivity contribution in [2.24, 2.45) is 0 Å². The van der Waals surface area contributed by atoms with Gasteiger partial charge in [0.15, 0.2) is 0 Å². The summed E-state index contributed by atoms with van der Waals surface area (Å²) in [5.41, 5.74) is 3.48. The summed E-state index contributed by atoms with van der Waals surface area (Å²) < 4.78 is 6.16. The van der Waals surface area contributed by atoms with Gasteiger partial charge in [0.2, 0.25) is 0 Å². The Kier molecular flexibility index (Phi) is 3.47. The lowest BCUT2D eigenvalue weighted by atomic mass is 9.94. The summed E-state index contributed by atoms with van der Waals surface area (Å²) in [7, 11) is -2.00. The van der Waals surface area contributed by atoms with Crippen LogP contribution in [0.3, 0.4) is 0 Å². The lowest BCUT2D eigenvalue weighted by Gasteiger charge is -2.26. The maximum atomic E-state index is 6.16.